The van der Waals surface area contributed by atoms with Crippen LogP contribution in [0.5, 0.6) is 0 Å². The molecule has 0 saturated heterocycles. The van der Waals surface area contributed by atoms with Crippen LogP contribution in [0.4, 0.5) is 4.39 Å². The van der Waals surface area contributed by atoms with Crippen molar-refractivity contribution in [3.63, 3.8) is 0 Å². The molecule has 1 N–H and O–H groups in total. The summed E-state index contributed by atoms with van der Waals surface area (Å²) in [6, 6.07) is 11.5. The number of hydrogen-bond acceptors (Lipinski definition) is 3. The second-order valence-electron chi connectivity index (χ2n) is 6.18. The van der Waals surface area contributed by atoms with Crippen LogP contribution in [0.25, 0.3) is 0 Å². The molecule has 2 aromatic carbocycles. The van der Waals surface area contributed by atoms with E-state index in [1.165, 1.54) is 12.1 Å². The molecule has 0 fully saturated rings. The summed E-state index contributed by atoms with van der Waals surface area (Å²) in [5, 5.41) is 0.151. The lowest BCUT2D eigenvalue weighted by Crippen LogP contribution is -2.28. The third kappa shape index (κ3) is 5.25. The molecule has 0 aliphatic rings. The van der Waals surface area contributed by atoms with Gasteiger partial charge in [0.2, 0.25) is 10.0 Å². The van der Waals surface area contributed by atoms with Gasteiger partial charge >= 0.3 is 0 Å². The maximum absolute atomic E-state index is 13.9. The van der Waals surface area contributed by atoms with Gasteiger partial charge in [-0.1, -0.05) is 35.9 Å². The van der Waals surface area contributed by atoms with E-state index in [-0.39, 0.29) is 11.6 Å². The zero-order valence-corrected chi connectivity index (χ0v) is 16.0. The normalized spacial score (nSPS) is 12.1. The quantitative estimate of drug-likeness (QED) is 0.789. The van der Waals surface area contributed by atoms with Crippen LogP contribution in [0.2, 0.25) is 5.02 Å². The van der Waals surface area contributed by atoms with Crippen molar-refractivity contribution < 1.29 is 12.8 Å². The van der Waals surface area contributed by atoms with Gasteiger partial charge in [-0.25, -0.2) is 17.5 Å². The summed E-state index contributed by atoms with van der Waals surface area (Å²) in [7, 11) is -1.96. The van der Waals surface area contributed by atoms with E-state index in [4.69, 9.17) is 11.6 Å². The van der Waals surface area contributed by atoms with Crippen LogP contribution in [-0.4, -0.2) is 26.4 Å². The van der Waals surface area contributed by atoms with Crippen molar-refractivity contribution >= 4 is 21.6 Å². The first-order chi connectivity index (χ1) is 11.7. The van der Waals surface area contributed by atoms with Gasteiger partial charge in [0.15, 0.2) is 0 Å². The molecule has 7 heteroatoms. The van der Waals surface area contributed by atoms with Gasteiger partial charge in [-0.3, -0.25) is 4.90 Å². The molecule has 0 unspecified atom stereocenters. The summed E-state index contributed by atoms with van der Waals surface area (Å²) in [6.45, 7) is 4.97. The summed E-state index contributed by atoms with van der Waals surface area (Å²) < 4.78 is 41.1. The molecule has 0 atom stereocenters. The van der Waals surface area contributed by atoms with E-state index in [0.29, 0.717) is 12.6 Å². The second kappa shape index (κ2) is 8.27. The highest BCUT2D eigenvalue weighted by molar-refractivity contribution is 7.89. The first-order valence-corrected chi connectivity index (χ1v) is 9.78. The van der Waals surface area contributed by atoms with E-state index in [9.17, 15) is 12.8 Å². The lowest BCUT2D eigenvalue weighted by atomic mass is 10.1. The van der Waals surface area contributed by atoms with Gasteiger partial charge in [-0.15, -0.1) is 0 Å². The van der Waals surface area contributed by atoms with Crippen molar-refractivity contribution in [1.29, 1.82) is 0 Å². The Morgan fingerprint density at radius 3 is 2.40 bits per heavy atom. The number of benzene rings is 2. The molecule has 0 aromatic heterocycles. The molecular formula is C18H22ClFN2O2S. The Morgan fingerprint density at radius 2 is 1.80 bits per heavy atom. The van der Waals surface area contributed by atoms with Crippen LogP contribution < -0.4 is 4.72 Å². The predicted octanol–water partition coefficient (Wildman–Crippen LogP) is 3.80. The van der Waals surface area contributed by atoms with Crippen molar-refractivity contribution in [2.45, 2.75) is 37.9 Å². The predicted molar refractivity (Wildman–Crippen MR) is 98.5 cm³/mol. The van der Waals surface area contributed by atoms with E-state index < -0.39 is 20.7 Å². The number of hydrogen-bond donors (Lipinski definition) is 1. The van der Waals surface area contributed by atoms with Crippen molar-refractivity contribution in [1.82, 2.24) is 9.62 Å². The minimum absolute atomic E-state index is 0.0898. The Labute approximate surface area is 153 Å². The average Bonchev–Trinajstić information content (AvgIpc) is 2.53. The van der Waals surface area contributed by atoms with Gasteiger partial charge in [-0.05, 0) is 50.2 Å². The lowest BCUT2D eigenvalue weighted by Gasteiger charge is -2.22. The molecule has 0 saturated carbocycles. The maximum atomic E-state index is 13.9. The molecular weight excluding hydrogens is 363 g/mol. The summed E-state index contributed by atoms with van der Waals surface area (Å²) in [6.07, 6.45) is 0. The van der Waals surface area contributed by atoms with Crippen molar-refractivity contribution in [3.8, 4) is 0 Å². The van der Waals surface area contributed by atoms with E-state index in [0.717, 1.165) is 17.2 Å². The molecule has 2 aromatic rings. The first kappa shape index (κ1) is 19.8. The Hall–Kier alpha value is -1.47. The largest absolute Gasteiger partial charge is 0.300 e. The van der Waals surface area contributed by atoms with E-state index >= 15 is 0 Å². The minimum atomic E-state index is -3.96. The lowest BCUT2D eigenvalue weighted by molar-refractivity contribution is 0.265. The van der Waals surface area contributed by atoms with Gasteiger partial charge in [0.05, 0.1) is 0 Å². The molecule has 0 spiro atoms. The van der Waals surface area contributed by atoms with Crippen LogP contribution in [0.3, 0.4) is 0 Å². The van der Waals surface area contributed by atoms with Gasteiger partial charge < -0.3 is 0 Å². The number of sulfonamides is 1. The van der Waals surface area contributed by atoms with Gasteiger partial charge in [0.25, 0.3) is 0 Å². The number of halogens is 2. The topological polar surface area (TPSA) is 49.4 Å². The molecule has 2 rings (SSSR count). The smallest absolute Gasteiger partial charge is 0.243 e. The zero-order valence-electron chi connectivity index (χ0n) is 14.5. The third-order valence-corrected chi connectivity index (χ3v) is 5.73. The summed E-state index contributed by atoms with van der Waals surface area (Å²) in [4.78, 5) is 1.75. The maximum Gasteiger partial charge on any atom is 0.243 e. The monoisotopic (exact) mass is 384 g/mol. The number of nitrogens with one attached hydrogen (secondary N) is 1. The fraction of sp³-hybridized carbons (Fsp3) is 0.333. The molecule has 0 amide bonds. The van der Waals surface area contributed by atoms with Crippen LogP contribution in [-0.2, 0) is 23.1 Å². The summed E-state index contributed by atoms with van der Waals surface area (Å²) in [5.41, 5.74) is 1.88. The Balaban J connectivity index is 2.18. The molecule has 25 heavy (non-hydrogen) atoms. The molecule has 0 radical (unpaired) electrons. The highest BCUT2D eigenvalue weighted by Gasteiger charge is 2.19. The third-order valence-electron chi connectivity index (χ3n) is 4.06. The first-order valence-electron chi connectivity index (χ1n) is 7.92. The highest BCUT2D eigenvalue weighted by atomic mass is 35.5. The van der Waals surface area contributed by atoms with Gasteiger partial charge in [0, 0.05) is 24.2 Å². The molecule has 4 nitrogen and oxygen atoms in total. The Morgan fingerprint density at radius 1 is 1.16 bits per heavy atom. The Kier molecular flexibility index (Phi) is 6.57. The van der Waals surface area contributed by atoms with Crippen LogP contribution in [0.1, 0.15) is 25.0 Å². The highest BCUT2D eigenvalue weighted by Crippen LogP contribution is 2.20. The van der Waals surface area contributed by atoms with E-state index in [2.05, 4.69) is 23.5 Å². The SMILES string of the molecule is CC(C)N(C)Cc1ccccc1CNS(=O)(=O)c1ccc(Cl)cc1F. The van der Waals surface area contributed by atoms with Crippen molar-refractivity contribution in [3.05, 3.63) is 64.4 Å². The molecule has 0 aliphatic heterocycles. The molecule has 0 heterocycles. The molecule has 0 bridgehead atoms. The molecule has 136 valence electrons. The zero-order chi connectivity index (χ0) is 18.6. The summed E-state index contributed by atoms with van der Waals surface area (Å²) >= 11 is 5.67. The number of nitrogens with zero attached hydrogens (tertiary/aromatic N) is 1. The minimum Gasteiger partial charge on any atom is -0.300 e. The van der Waals surface area contributed by atoms with E-state index in [1.807, 2.05) is 31.3 Å². The number of rotatable bonds is 7. The average molecular weight is 385 g/mol. The van der Waals surface area contributed by atoms with Crippen LogP contribution in [0.15, 0.2) is 47.4 Å². The van der Waals surface area contributed by atoms with Crippen molar-refractivity contribution in [2.24, 2.45) is 0 Å². The van der Waals surface area contributed by atoms with E-state index in [1.54, 1.807) is 0 Å². The standard InChI is InChI=1S/C18H22ClFN2O2S/c1-13(2)22(3)12-15-7-5-4-6-14(15)11-21-25(23,24)18-9-8-16(19)10-17(18)20/h4-10,13,21H,11-12H2,1-3H3. The molecule has 0 aliphatic carbocycles. The Bertz CT molecular complexity index is 841. The summed E-state index contributed by atoms with van der Waals surface area (Å²) in [5.74, 6) is -0.868. The fourth-order valence-electron chi connectivity index (χ4n) is 2.28. The second-order valence-corrected chi connectivity index (χ2v) is 8.35. The fourth-order valence-corrected chi connectivity index (χ4v) is 3.50. The van der Waals surface area contributed by atoms with Crippen molar-refractivity contribution in [2.75, 3.05) is 7.05 Å². The van der Waals surface area contributed by atoms with Gasteiger partial charge in [0.1, 0.15) is 10.7 Å². The van der Waals surface area contributed by atoms with Gasteiger partial charge in [-0.2, -0.15) is 0 Å². The van der Waals surface area contributed by atoms with Crippen LogP contribution in [0, 0.1) is 5.82 Å². The van der Waals surface area contributed by atoms with Crippen LogP contribution >= 0.6 is 11.6 Å².